The molecule has 1 N–H and O–H groups in total. The van der Waals surface area contributed by atoms with Gasteiger partial charge in [-0.25, -0.2) is 4.79 Å². The van der Waals surface area contributed by atoms with Crippen molar-refractivity contribution < 1.29 is 14.4 Å². The monoisotopic (exact) mass is 262 g/mol. The van der Waals surface area contributed by atoms with Crippen LogP contribution in [0.4, 0.5) is 4.79 Å². The van der Waals surface area contributed by atoms with Crippen LogP contribution >= 0.6 is 0 Å². The third-order valence-corrected chi connectivity index (χ3v) is 3.96. The first-order valence-corrected chi connectivity index (χ1v) is 6.67. The Hall–Kier alpha value is -1.83. The molecule has 5 nitrogen and oxygen atoms in total. The lowest BCUT2D eigenvalue weighted by molar-refractivity contribution is -0.146. The van der Waals surface area contributed by atoms with E-state index in [1.54, 1.807) is 6.92 Å². The lowest BCUT2D eigenvalue weighted by Crippen LogP contribution is -2.61. The number of amides is 4. The summed E-state index contributed by atoms with van der Waals surface area (Å²) >= 11 is 0. The molecule has 102 valence electrons. The van der Waals surface area contributed by atoms with Crippen LogP contribution in [0.25, 0.3) is 0 Å². The minimum Gasteiger partial charge on any atom is -0.277 e. The molecule has 2 rings (SSSR count). The van der Waals surface area contributed by atoms with E-state index in [1.165, 1.54) is 0 Å². The molecule has 1 heterocycles. The fourth-order valence-corrected chi connectivity index (χ4v) is 2.99. The Morgan fingerprint density at radius 2 is 2.00 bits per heavy atom. The summed E-state index contributed by atoms with van der Waals surface area (Å²) in [5.74, 6) is 0.939. The largest absolute Gasteiger partial charge is 0.331 e. The summed E-state index contributed by atoms with van der Waals surface area (Å²) in [6.07, 6.45) is 9.34. The normalized spacial score (nSPS) is 26.2. The molecule has 0 spiro atoms. The summed E-state index contributed by atoms with van der Waals surface area (Å²) in [7, 11) is 0. The van der Waals surface area contributed by atoms with Crippen LogP contribution in [-0.4, -0.2) is 28.8 Å². The second-order valence-electron chi connectivity index (χ2n) is 5.28. The highest BCUT2D eigenvalue weighted by atomic mass is 16.2. The van der Waals surface area contributed by atoms with E-state index < -0.39 is 17.9 Å². The zero-order valence-corrected chi connectivity index (χ0v) is 11.0. The summed E-state index contributed by atoms with van der Waals surface area (Å²) in [6, 6.07) is -1.03. The van der Waals surface area contributed by atoms with Gasteiger partial charge in [0.2, 0.25) is 11.8 Å². The first-order chi connectivity index (χ1) is 9.06. The van der Waals surface area contributed by atoms with Crippen LogP contribution in [0.1, 0.15) is 39.0 Å². The molecule has 0 radical (unpaired) electrons. The first-order valence-electron chi connectivity index (χ1n) is 6.67. The Labute approximate surface area is 112 Å². The third kappa shape index (κ3) is 2.48. The molecule has 19 heavy (non-hydrogen) atoms. The second-order valence-corrected chi connectivity index (χ2v) is 5.28. The van der Waals surface area contributed by atoms with Crippen molar-refractivity contribution in [3.8, 4) is 12.3 Å². The van der Waals surface area contributed by atoms with Gasteiger partial charge in [0.1, 0.15) is 5.92 Å². The molecule has 0 aromatic rings. The van der Waals surface area contributed by atoms with Gasteiger partial charge >= 0.3 is 6.03 Å². The van der Waals surface area contributed by atoms with Gasteiger partial charge in [0.25, 0.3) is 0 Å². The first kappa shape index (κ1) is 13.6. The van der Waals surface area contributed by atoms with Crippen LogP contribution in [0.5, 0.6) is 0 Å². The zero-order chi connectivity index (χ0) is 14.0. The van der Waals surface area contributed by atoms with Crippen molar-refractivity contribution in [2.24, 2.45) is 11.8 Å². The average molecular weight is 262 g/mol. The molecule has 5 heteroatoms. The molecular weight excluding hydrogens is 244 g/mol. The van der Waals surface area contributed by atoms with E-state index in [4.69, 9.17) is 6.42 Å². The summed E-state index contributed by atoms with van der Waals surface area (Å²) in [6.45, 7) is 1.72. The topological polar surface area (TPSA) is 66.5 Å². The second kappa shape index (κ2) is 5.43. The van der Waals surface area contributed by atoms with Crippen molar-refractivity contribution in [1.82, 2.24) is 10.2 Å². The van der Waals surface area contributed by atoms with Gasteiger partial charge in [-0.15, -0.1) is 12.3 Å². The zero-order valence-electron chi connectivity index (χ0n) is 11.0. The summed E-state index contributed by atoms with van der Waals surface area (Å²) < 4.78 is 0. The number of hydrogen-bond acceptors (Lipinski definition) is 3. The average Bonchev–Trinajstić information content (AvgIpc) is 2.82. The molecule has 0 bridgehead atoms. The molecule has 1 saturated carbocycles. The fourth-order valence-electron chi connectivity index (χ4n) is 2.99. The number of hydrogen-bond donors (Lipinski definition) is 1. The molecule has 2 fully saturated rings. The SMILES string of the molecule is C#CCC(C)N1C(=O)NC(=O)C(C2CCCC2)C1=O. The number of imide groups is 2. The lowest BCUT2D eigenvalue weighted by Gasteiger charge is -2.35. The highest BCUT2D eigenvalue weighted by molar-refractivity contribution is 6.16. The predicted octanol–water partition coefficient (Wildman–Crippen LogP) is 1.28. The van der Waals surface area contributed by atoms with Gasteiger partial charge in [0.05, 0.1) is 0 Å². The highest BCUT2D eigenvalue weighted by Crippen LogP contribution is 2.34. The van der Waals surface area contributed by atoms with Crippen LogP contribution < -0.4 is 5.32 Å². The van der Waals surface area contributed by atoms with E-state index in [1.807, 2.05) is 0 Å². The molecule has 1 saturated heterocycles. The van der Waals surface area contributed by atoms with Crippen molar-refractivity contribution in [3.63, 3.8) is 0 Å². The molecule has 2 atom stereocenters. The fraction of sp³-hybridized carbons (Fsp3) is 0.643. The number of carbonyl (C=O) groups excluding carboxylic acids is 3. The number of terminal acetylenes is 1. The van der Waals surface area contributed by atoms with E-state index >= 15 is 0 Å². The van der Waals surface area contributed by atoms with Gasteiger partial charge < -0.3 is 0 Å². The number of barbiturate groups is 1. The molecule has 2 aliphatic rings. The van der Waals surface area contributed by atoms with E-state index in [9.17, 15) is 14.4 Å². The van der Waals surface area contributed by atoms with Gasteiger partial charge in [0.15, 0.2) is 0 Å². The van der Waals surface area contributed by atoms with E-state index in [0.29, 0.717) is 6.42 Å². The summed E-state index contributed by atoms with van der Waals surface area (Å²) in [4.78, 5) is 37.2. The molecule has 4 amide bonds. The van der Waals surface area contributed by atoms with E-state index in [0.717, 1.165) is 30.6 Å². The number of nitrogens with one attached hydrogen (secondary N) is 1. The van der Waals surface area contributed by atoms with Crippen molar-refractivity contribution >= 4 is 17.8 Å². The molecule has 0 aromatic heterocycles. The molecular formula is C14H18N2O3. The standard InChI is InChI=1S/C14H18N2O3/c1-3-6-9(2)16-13(18)11(10-7-4-5-8-10)12(17)15-14(16)19/h1,9-11H,4-8H2,2H3,(H,15,17,19). The van der Waals surface area contributed by atoms with Crippen molar-refractivity contribution in [3.05, 3.63) is 0 Å². The van der Waals surface area contributed by atoms with Gasteiger partial charge in [-0.05, 0) is 25.7 Å². The van der Waals surface area contributed by atoms with Gasteiger partial charge in [-0.1, -0.05) is 12.8 Å². The van der Waals surface area contributed by atoms with Gasteiger partial charge in [-0.3, -0.25) is 19.8 Å². The van der Waals surface area contributed by atoms with Crippen LogP contribution in [0.3, 0.4) is 0 Å². The van der Waals surface area contributed by atoms with Crippen molar-refractivity contribution in [2.75, 3.05) is 0 Å². The lowest BCUT2D eigenvalue weighted by atomic mass is 9.87. The van der Waals surface area contributed by atoms with Crippen LogP contribution in [0.2, 0.25) is 0 Å². The number of urea groups is 1. The quantitative estimate of drug-likeness (QED) is 0.615. The maximum absolute atomic E-state index is 12.4. The maximum atomic E-state index is 12.4. The Bertz CT molecular complexity index is 446. The predicted molar refractivity (Wildman–Crippen MR) is 68.7 cm³/mol. The minimum absolute atomic E-state index is 0.0566. The Balaban J connectivity index is 2.21. The number of carbonyl (C=O) groups is 3. The highest BCUT2D eigenvalue weighted by Gasteiger charge is 2.46. The van der Waals surface area contributed by atoms with Crippen LogP contribution in [0.15, 0.2) is 0 Å². The maximum Gasteiger partial charge on any atom is 0.331 e. The van der Waals surface area contributed by atoms with Crippen molar-refractivity contribution in [2.45, 2.75) is 45.1 Å². The third-order valence-electron chi connectivity index (χ3n) is 3.96. The summed E-state index contributed by atoms with van der Waals surface area (Å²) in [5.41, 5.74) is 0. The number of nitrogens with zero attached hydrogens (tertiary/aromatic N) is 1. The Morgan fingerprint density at radius 3 is 2.58 bits per heavy atom. The Morgan fingerprint density at radius 1 is 1.37 bits per heavy atom. The van der Waals surface area contributed by atoms with Crippen molar-refractivity contribution in [1.29, 1.82) is 0 Å². The molecule has 2 unspecified atom stereocenters. The van der Waals surface area contributed by atoms with Gasteiger partial charge in [0, 0.05) is 12.5 Å². The molecule has 1 aliphatic heterocycles. The number of rotatable bonds is 3. The van der Waals surface area contributed by atoms with E-state index in [2.05, 4.69) is 11.2 Å². The Kier molecular flexibility index (Phi) is 3.89. The van der Waals surface area contributed by atoms with Crippen LogP contribution in [-0.2, 0) is 9.59 Å². The summed E-state index contributed by atoms with van der Waals surface area (Å²) in [5, 5.41) is 2.28. The molecule has 0 aromatic carbocycles. The van der Waals surface area contributed by atoms with Gasteiger partial charge in [-0.2, -0.15) is 0 Å². The molecule has 1 aliphatic carbocycles. The van der Waals surface area contributed by atoms with E-state index in [-0.39, 0.29) is 17.9 Å². The van der Waals surface area contributed by atoms with Crippen LogP contribution in [0, 0.1) is 24.2 Å². The minimum atomic E-state index is -0.722. The smallest absolute Gasteiger partial charge is 0.277 e.